The van der Waals surface area contributed by atoms with E-state index < -0.39 is 17.7 Å². The molecular formula is C16H22F2N2O. The summed E-state index contributed by atoms with van der Waals surface area (Å²) in [6, 6.07) is 2.51. The summed E-state index contributed by atoms with van der Waals surface area (Å²) in [4.78, 5) is 13.8. The molecule has 1 atom stereocenters. The molecule has 1 amide bonds. The minimum Gasteiger partial charge on any atom is -0.341 e. The molecular weight excluding hydrogens is 274 g/mol. The Labute approximate surface area is 124 Å². The van der Waals surface area contributed by atoms with Gasteiger partial charge < -0.3 is 10.6 Å². The summed E-state index contributed by atoms with van der Waals surface area (Å²) >= 11 is 0. The van der Waals surface area contributed by atoms with E-state index in [1.807, 2.05) is 0 Å². The van der Waals surface area contributed by atoms with Crippen molar-refractivity contribution < 1.29 is 13.6 Å². The van der Waals surface area contributed by atoms with Crippen molar-refractivity contribution in [3.05, 3.63) is 35.4 Å². The lowest BCUT2D eigenvalue weighted by molar-refractivity contribution is -0.131. The third-order valence-corrected chi connectivity index (χ3v) is 4.20. The maximum absolute atomic E-state index is 13.7. The number of nitrogens with two attached hydrogens (primary N) is 1. The van der Waals surface area contributed by atoms with Crippen LogP contribution in [-0.2, 0) is 4.79 Å². The molecule has 1 aliphatic heterocycles. The molecule has 0 bridgehead atoms. The van der Waals surface area contributed by atoms with Gasteiger partial charge in [-0.15, -0.1) is 0 Å². The molecule has 2 N–H and O–H groups in total. The highest BCUT2D eigenvalue weighted by Crippen LogP contribution is 2.31. The zero-order valence-corrected chi connectivity index (χ0v) is 12.5. The van der Waals surface area contributed by atoms with E-state index in [4.69, 9.17) is 5.73 Å². The van der Waals surface area contributed by atoms with Crippen LogP contribution in [0.5, 0.6) is 0 Å². The largest absolute Gasteiger partial charge is 0.341 e. The Morgan fingerprint density at radius 3 is 2.76 bits per heavy atom. The van der Waals surface area contributed by atoms with Gasteiger partial charge in [0.05, 0.1) is 6.04 Å². The van der Waals surface area contributed by atoms with E-state index in [-0.39, 0.29) is 23.4 Å². The van der Waals surface area contributed by atoms with Gasteiger partial charge in [0.15, 0.2) is 0 Å². The highest BCUT2D eigenvalue weighted by Gasteiger charge is 2.28. The number of carbonyl (C=O) groups is 1. The Hall–Kier alpha value is -1.49. The third kappa shape index (κ3) is 4.00. The summed E-state index contributed by atoms with van der Waals surface area (Å²) < 4.78 is 27.0. The van der Waals surface area contributed by atoms with E-state index in [1.54, 1.807) is 4.90 Å². The van der Waals surface area contributed by atoms with Crippen molar-refractivity contribution in [3.8, 4) is 0 Å². The maximum atomic E-state index is 13.7. The molecule has 1 aromatic rings. The second-order valence-electron chi connectivity index (χ2n) is 6.53. The predicted octanol–water partition coefficient (Wildman–Crippen LogP) is 3.00. The smallest absolute Gasteiger partial charge is 0.222 e. The highest BCUT2D eigenvalue weighted by molar-refractivity contribution is 5.76. The van der Waals surface area contributed by atoms with Crippen molar-refractivity contribution in [2.45, 2.75) is 39.2 Å². The Kier molecular flexibility index (Phi) is 4.61. The molecule has 1 aliphatic rings. The molecule has 21 heavy (non-hydrogen) atoms. The Morgan fingerprint density at radius 2 is 2.05 bits per heavy atom. The predicted molar refractivity (Wildman–Crippen MR) is 77.5 cm³/mol. The molecule has 0 radical (unpaired) electrons. The van der Waals surface area contributed by atoms with Gasteiger partial charge in [-0.25, -0.2) is 8.78 Å². The highest BCUT2D eigenvalue weighted by atomic mass is 19.1. The third-order valence-electron chi connectivity index (χ3n) is 4.20. The van der Waals surface area contributed by atoms with Gasteiger partial charge in [0, 0.05) is 25.1 Å². The molecule has 1 fully saturated rings. The molecule has 116 valence electrons. The van der Waals surface area contributed by atoms with Gasteiger partial charge in [-0.05, 0) is 36.5 Å². The van der Waals surface area contributed by atoms with E-state index >= 15 is 0 Å². The number of carbonyl (C=O) groups excluding carboxylic acids is 1. The topological polar surface area (TPSA) is 46.3 Å². The second-order valence-corrected chi connectivity index (χ2v) is 6.53. The zero-order valence-electron chi connectivity index (χ0n) is 12.5. The summed E-state index contributed by atoms with van der Waals surface area (Å²) in [6.07, 6.45) is 2.20. The molecule has 0 saturated carbocycles. The van der Waals surface area contributed by atoms with E-state index in [9.17, 15) is 13.6 Å². The first-order valence-electron chi connectivity index (χ1n) is 7.27. The maximum Gasteiger partial charge on any atom is 0.222 e. The van der Waals surface area contributed by atoms with Crippen molar-refractivity contribution in [3.63, 3.8) is 0 Å². The van der Waals surface area contributed by atoms with Crippen LogP contribution in [0.2, 0.25) is 0 Å². The van der Waals surface area contributed by atoms with Crippen molar-refractivity contribution in [2.75, 3.05) is 13.1 Å². The van der Waals surface area contributed by atoms with Crippen LogP contribution >= 0.6 is 0 Å². The first-order chi connectivity index (χ1) is 9.78. The minimum absolute atomic E-state index is 0.0350. The molecule has 5 heteroatoms. The summed E-state index contributed by atoms with van der Waals surface area (Å²) in [5.41, 5.74) is 6.22. The van der Waals surface area contributed by atoms with Crippen LogP contribution in [-0.4, -0.2) is 23.9 Å². The van der Waals surface area contributed by atoms with Gasteiger partial charge in [0.1, 0.15) is 11.6 Å². The molecule has 1 saturated heterocycles. The SMILES string of the molecule is CC1(C)CCC(=O)N(CC(N)c2cc(F)ccc2F)CC1. The summed E-state index contributed by atoms with van der Waals surface area (Å²) in [5.74, 6) is -1.02. The molecule has 2 rings (SSSR count). The first kappa shape index (κ1) is 15.9. The number of likely N-dealkylation sites (tertiary alicyclic amines) is 1. The summed E-state index contributed by atoms with van der Waals surface area (Å²) in [7, 11) is 0. The lowest BCUT2D eigenvalue weighted by Gasteiger charge is -2.26. The molecule has 1 aromatic carbocycles. The fourth-order valence-electron chi connectivity index (χ4n) is 2.62. The van der Waals surface area contributed by atoms with Crippen LogP contribution < -0.4 is 5.73 Å². The van der Waals surface area contributed by atoms with Crippen LogP contribution in [0.4, 0.5) is 8.78 Å². The van der Waals surface area contributed by atoms with E-state index in [0.717, 1.165) is 31.0 Å². The van der Waals surface area contributed by atoms with Gasteiger partial charge >= 0.3 is 0 Å². The van der Waals surface area contributed by atoms with Gasteiger partial charge in [-0.3, -0.25) is 4.79 Å². The zero-order chi connectivity index (χ0) is 15.6. The number of amides is 1. The van der Waals surface area contributed by atoms with Crippen LogP contribution in [0.1, 0.15) is 44.7 Å². The van der Waals surface area contributed by atoms with Gasteiger partial charge in [-0.2, -0.15) is 0 Å². The van der Waals surface area contributed by atoms with E-state index in [1.165, 1.54) is 0 Å². The number of benzene rings is 1. The number of nitrogens with zero attached hydrogens (tertiary/aromatic N) is 1. The average molecular weight is 296 g/mol. The molecule has 3 nitrogen and oxygen atoms in total. The summed E-state index contributed by atoms with van der Waals surface area (Å²) in [6.45, 7) is 5.09. The second kappa shape index (κ2) is 6.10. The Balaban J connectivity index is 2.09. The van der Waals surface area contributed by atoms with Crippen molar-refractivity contribution in [1.29, 1.82) is 0 Å². The standard InChI is InChI=1S/C16H22F2N2O/c1-16(2)6-5-15(21)20(8-7-16)10-14(19)12-9-11(17)3-4-13(12)18/h3-4,9,14H,5-8,10,19H2,1-2H3. The van der Waals surface area contributed by atoms with E-state index in [0.29, 0.717) is 13.0 Å². The molecule has 0 aromatic heterocycles. The number of hydrogen-bond acceptors (Lipinski definition) is 2. The molecule has 1 heterocycles. The van der Waals surface area contributed by atoms with Crippen LogP contribution in [0.25, 0.3) is 0 Å². The van der Waals surface area contributed by atoms with Gasteiger partial charge in [0.2, 0.25) is 5.91 Å². The molecule has 1 unspecified atom stereocenters. The van der Waals surface area contributed by atoms with Crippen LogP contribution in [0.15, 0.2) is 18.2 Å². The van der Waals surface area contributed by atoms with Gasteiger partial charge in [-0.1, -0.05) is 13.8 Å². The average Bonchev–Trinajstić information content (AvgIpc) is 2.54. The quantitative estimate of drug-likeness (QED) is 0.932. The van der Waals surface area contributed by atoms with E-state index in [2.05, 4.69) is 13.8 Å². The fourth-order valence-corrected chi connectivity index (χ4v) is 2.62. The van der Waals surface area contributed by atoms with Crippen molar-refractivity contribution in [1.82, 2.24) is 4.90 Å². The van der Waals surface area contributed by atoms with Gasteiger partial charge in [0.25, 0.3) is 0 Å². The minimum atomic E-state index is -0.717. The Bertz CT molecular complexity index is 531. The lowest BCUT2D eigenvalue weighted by Crippen LogP contribution is -2.37. The molecule has 0 aliphatic carbocycles. The van der Waals surface area contributed by atoms with Crippen molar-refractivity contribution in [2.24, 2.45) is 11.1 Å². The van der Waals surface area contributed by atoms with Crippen LogP contribution in [0.3, 0.4) is 0 Å². The monoisotopic (exact) mass is 296 g/mol. The number of rotatable bonds is 3. The number of hydrogen-bond donors (Lipinski definition) is 1. The normalized spacial score (nSPS) is 20.2. The van der Waals surface area contributed by atoms with Crippen LogP contribution in [0, 0.1) is 17.0 Å². The summed E-state index contributed by atoms with van der Waals surface area (Å²) in [5, 5.41) is 0. The first-order valence-corrected chi connectivity index (χ1v) is 7.27. The lowest BCUT2D eigenvalue weighted by atomic mass is 9.85. The Morgan fingerprint density at radius 1 is 1.33 bits per heavy atom. The van der Waals surface area contributed by atoms with Crippen molar-refractivity contribution >= 4 is 5.91 Å². The fraction of sp³-hybridized carbons (Fsp3) is 0.562. The number of halogens is 2. The molecule has 0 spiro atoms.